The third-order valence-corrected chi connectivity index (χ3v) is 4.55. The minimum atomic E-state index is -0.531. The lowest BCUT2D eigenvalue weighted by Gasteiger charge is -2.27. The number of oxazole rings is 1. The number of piperazine rings is 1. The van der Waals surface area contributed by atoms with Gasteiger partial charge in [0.25, 0.3) is 5.91 Å². The van der Waals surface area contributed by atoms with Crippen LogP contribution in [0.1, 0.15) is 15.9 Å². The Hall–Kier alpha value is -2.93. The molecule has 0 aliphatic carbocycles. The van der Waals surface area contributed by atoms with Crippen molar-refractivity contribution < 1.29 is 13.6 Å². The van der Waals surface area contributed by atoms with E-state index in [0.29, 0.717) is 35.3 Å². The summed E-state index contributed by atoms with van der Waals surface area (Å²) in [6, 6.07) is 11.0. The van der Waals surface area contributed by atoms with Crippen LogP contribution in [0.25, 0.3) is 11.1 Å². The molecule has 0 radical (unpaired) electrons. The van der Waals surface area contributed by atoms with Crippen LogP contribution in [0.4, 0.5) is 4.39 Å². The van der Waals surface area contributed by atoms with E-state index in [-0.39, 0.29) is 18.3 Å². The summed E-state index contributed by atoms with van der Waals surface area (Å²) in [6.45, 7) is 3.01. The molecule has 7 heteroatoms. The molecule has 4 rings (SSSR count). The maximum Gasteiger partial charge on any atom is 0.420 e. The van der Waals surface area contributed by atoms with E-state index in [0.717, 1.165) is 13.1 Å². The van der Waals surface area contributed by atoms with Crippen molar-refractivity contribution in [1.29, 1.82) is 0 Å². The molecule has 0 bridgehead atoms. The van der Waals surface area contributed by atoms with Crippen LogP contribution in [0.3, 0.4) is 0 Å². The fraction of sp³-hybridized carbons (Fsp3) is 0.263. The molecule has 1 fully saturated rings. The normalized spacial score (nSPS) is 14.7. The van der Waals surface area contributed by atoms with Crippen molar-refractivity contribution in [2.24, 2.45) is 0 Å². The molecule has 0 spiro atoms. The molecule has 3 aromatic rings. The number of carbonyl (C=O) groups excluding carboxylic acids is 1. The van der Waals surface area contributed by atoms with E-state index in [1.165, 1.54) is 16.7 Å². The van der Waals surface area contributed by atoms with Crippen molar-refractivity contribution in [3.8, 4) is 0 Å². The largest absolute Gasteiger partial charge is 0.420 e. The Morgan fingerprint density at radius 3 is 2.73 bits per heavy atom. The van der Waals surface area contributed by atoms with Crippen LogP contribution in [0.15, 0.2) is 51.7 Å². The van der Waals surface area contributed by atoms with Gasteiger partial charge >= 0.3 is 5.76 Å². The fourth-order valence-electron chi connectivity index (χ4n) is 3.21. The highest BCUT2D eigenvalue weighted by Crippen LogP contribution is 2.18. The minimum Gasteiger partial charge on any atom is -0.408 e. The van der Waals surface area contributed by atoms with Crippen molar-refractivity contribution >= 4 is 17.0 Å². The second-order valence-corrected chi connectivity index (χ2v) is 6.31. The third-order valence-electron chi connectivity index (χ3n) is 4.55. The Labute approximate surface area is 148 Å². The van der Waals surface area contributed by atoms with E-state index in [4.69, 9.17) is 4.42 Å². The van der Waals surface area contributed by atoms with Crippen molar-refractivity contribution in [2.45, 2.75) is 6.54 Å². The number of nitrogens with one attached hydrogen (secondary N) is 1. The summed E-state index contributed by atoms with van der Waals surface area (Å²) in [6.07, 6.45) is 0. The molecule has 1 aliphatic heterocycles. The highest BCUT2D eigenvalue weighted by molar-refractivity contribution is 5.97. The zero-order valence-corrected chi connectivity index (χ0v) is 14.1. The molecule has 134 valence electrons. The van der Waals surface area contributed by atoms with Gasteiger partial charge in [-0.05, 0) is 35.9 Å². The number of aromatic nitrogens is 1. The number of halogens is 1. The number of hydrogen-bond acceptors (Lipinski definition) is 4. The van der Waals surface area contributed by atoms with Gasteiger partial charge in [0.15, 0.2) is 5.58 Å². The molecule has 2 aromatic carbocycles. The topological polar surface area (TPSA) is 67.5 Å². The minimum absolute atomic E-state index is 0.0700. The van der Waals surface area contributed by atoms with Gasteiger partial charge in [-0.3, -0.25) is 9.36 Å². The van der Waals surface area contributed by atoms with Gasteiger partial charge in [0.1, 0.15) is 5.82 Å². The summed E-state index contributed by atoms with van der Waals surface area (Å²) in [5.41, 5.74) is 2.09. The van der Waals surface area contributed by atoms with Gasteiger partial charge in [-0.2, -0.15) is 0 Å². The van der Waals surface area contributed by atoms with Crippen molar-refractivity contribution in [1.82, 2.24) is 14.8 Å². The average Bonchev–Trinajstić information content (AvgIpc) is 2.97. The second kappa shape index (κ2) is 6.76. The van der Waals surface area contributed by atoms with Crippen LogP contribution in [-0.4, -0.2) is 41.6 Å². The summed E-state index contributed by atoms with van der Waals surface area (Å²) >= 11 is 0. The molecule has 1 saturated heterocycles. The maximum absolute atomic E-state index is 13.4. The highest BCUT2D eigenvalue weighted by Gasteiger charge is 2.20. The van der Waals surface area contributed by atoms with Gasteiger partial charge in [-0.15, -0.1) is 0 Å². The van der Waals surface area contributed by atoms with Crippen molar-refractivity contribution in [2.75, 3.05) is 26.2 Å². The Morgan fingerprint density at radius 1 is 1.15 bits per heavy atom. The predicted octanol–water partition coefficient (Wildman–Crippen LogP) is 1.83. The first-order valence-corrected chi connectivity index (χ1v) is 8.50. The van der Waals surface area contributed by atoms with Gasteiger partial charge in [0, 0.05) is 31.7 Å². The molecular formula is C19H18FN3O3. The van der Waals surface area contributed by atoms with Crippen molar-refractivity contribution in [3.05, 3.63) is 70.0 Å². The van der Waals surface area contributed by atoms with Gasteiger partial charge in [-0.25, -0.2) is 9.18 Å². The lowest BCUT2D eigenvalue weighted by Crippen LogP contribution is -2.46. The smallest absolute Gasteiger partial charge is 0.408 e. The first-order chi connectivity index (χ1) is 12.6. The first-order valence-electron chi connectivity index (χ1n) is 8.50. The number of rotatable bonds is 3. The Morgan fingerprint density at radius 2 is 1.96 bits per heavy atom. The van der Waals surface area contributed by atoms with Crippen LogP contribution in [-0.2, 0) is 6.54 Å². The van der Waals surface area contributed by atoms with Crippen LogP contribution in [0.5, 0.6) is 0 Å². The summed E-state index contributed by atoms with van der Waals surface area (Å²) in [4.78, 5) is 26.7. The Kier molecular flexibility index (Phi) is 4.30. The molecule has 1 amide bonds. The van der Waals surface area contributed by atoms with Crippen LogP contribution in [0, 0.1) is 5.82 Å². The zero-order chi connectivity index (χ0) is 18.1. The number of fused-ring (bicyclic) bond motifs is 1. The molecule has 26 heavy (non-hydrogen) atoms. The average molecular weight is 355 g/mol. The summed E-state index contributed by atoms with van der Waals surface area (Å²) in [5.74, 6) is -0.965. The van der Waals surface area contributed by atoms with E-state index in [1.54, 1.807) is 35.2 Å². The fourth-order valence-corrected chi connectivity index (χ4v) is 3.21. The van der Waals surface area contributed by atoms with Crippen LogP contribution in [0.2, 0.25) is 0 Å². The molecule has 1 aliphatic rings. The SMILES string of the molecule is O=C(c1ccc2oc(=O)n(Cc3cccc(F)c3)c2c1)N1CCNCC1. The Bertz CT molecular complexity index is 1020. The molecule has 0 saturated carbocycles. The summed E-state index contributed by atoms with van der Waals surface area (Å²) < 4.78 is 20.1. The molecular weight excluding hydrogens is 337 g/mol. The predicted molar refractivity (Wildman–Crippen MR) is 94.7 cm³/mol. The lowest BCUT2D eigenvalue weighted by molar-refractivity contribution is 0.0736. The highest BCUT2D eigenvalue weighted by atomic mass is 19.1. The zero-order valence-electron chi connectivity index (χ0n) is 14.1. The first kappa shape index (κ1) is 16.5. The van der Waals surface area contributed by atoms with Gasteiger partial charge in [0.05, 0.1) is 12.1 Å². The number of carbonyl (C=O) groups is 1. The van der Waals surface area contributed by atoms with Crippen LogP contribution < -0.4 is 11.1 Å². The molecule has 2 heterocycles. The lowest BCUT2D eigenvalue weighted by atomic mass is 10.1. The van der Waals surface area contributed by atoms with Gasteiger partial charge < -0.3 is 14.6 Å². The molecule has 0 unspecified atom stereocenters. The quantitative estimate of drug-likeness (QED) is 0.778. The number of nitrogens with zero attached hydrogens (tertiary/aromatic N) is 2. The van der Waals surface area contributed by atoms with Crippen molar-refractivity contribution in [3.63, 3.8) is 0 Å². The number of amides is 1. The molecule has 1 aromatic heterocycles. The van der Waals surface area contributed by atoms with E-state index in [1.807, 2.05) is 0 Å². The second-order valence-electron chi connectivity index (χ2n) is 6.31. The Balaban J connectivity index is 1.70. The summed E-state index contributed by atoms with van der Waals surface area (Å²) in [7, 11) is 0. The third kappa shape index (κ3) is 3.13. The van der Waals surface area contributed by atoms with E-state index >= 15 is 0 Å². The van der Waals surface area contributed by atoms with Gasteiger partial charge in [0.2, 0.25) is 0 Å². The molecule has 0 atom stereocenters. The maximum atomic E-state index is 13.4. The number of hydrogen-bond donors (Lipinski definition) is 1. The molecule has 6 nitrogen and oxygen atoms in total. The number of benzene rings is 2. The summed E-state index contributed by atoms with van der Waals surface area (Å²) in [5, 5.41) is 3.21. The van der Waals surface area contributed by atoms with Crippen LogP contribution >= 0.6 is 0 Å². The van der Waals surface area contributed by atoms with E-state index < -0.39 is 5.76 Å². The van der Waals surface area contributed by atoms with Gasteiger partial charge in [-0.1, -0.05) is 12.1 Å². The molecule has 1 N–H and O–H groups in total. The van der Waals surface area contributed by atoms with E-state index in [9.17, 15) is 14.0 Å². The standard InChI is InChI=1S/C19H18FN3O3/c20-15-3-1-2-13(10-15)12-23-16-11-14(4-5-17(16)26-19(23)25)18(24)22-8-6-21-7-9-22/h1-5,10-11,21H,6-9,12H2. The monoisotopic (exact) mass is 355 g/mol. The van der Waals surface area contributed by atoms with E-state index in [2.05, 4.69) is 5.32 Å².